The van der Waals surface area contributed by atoms with Crippen LogP contribution in [-0.2, 0) is 12.8 Å². The van der Waals surface area contributed by atoms with Gasteiger partial charge in [0, 0.05) is 43.0 Å². The fraction of sp³-hybridized carbons (Fsp3) is 0.400. The molecule has 0 saturated carbocycles. The maximum atomic E-state index is 12.1. The lowest BCUT2D eigenvalue weighted by molar-refractivity contribution is 0.0934. The van der Waals surface area contributed by atoms with Crippen molar-refractivity contribution in [2.24, 2.45) is 0 Å². The molecule has 110 valence electrons. The minimum absolute atomic E-state index is 0.00975. The van der Waals surface area contributed by atoms with Crippen molar-refractivity contribution in [3.8, 4) is 0 Å². The number of amides is 1. The summed E-state index contributed by atoms with van der Waals surface area (Å²) in [6, 6.07) is 2.02. The van der Waals surface area contributed by atoms with Crippen LogP contribution in [0.3, 0.4) is 0 Å². The smallest absolute Gasteiger partial charge is 0.252 e. The molecule has 2 aromatic rings. The summed E-state index contributed by atoms with van der Waals surface area (Å²) in [7, 11) is 3.88. The van der Waals surface area contributed by atoms with Gasteiger partial charge in [0.2, 0.25) is 5.95 Å². The summed E-state index contributed by atoms with van der Waals surface area (Å²) >= 11 is 1.54. The van der Waals surface area contributed by atoms with Crippen molar-refractivity contribution in [1.82, 2.24) is 15.3 Å². The van der Waals surface area contributed by atoms with Crippen LogP contribution < -0.4 is 10.2 Å². The minimum atomic E-state index is 0.00975. The fourth-order valence-corrected chi connectivity index (χ4v) is 3.13. The molecule has 1 aliphatic rings. The highest BCUT2D eigenvalue weighted by Crippen LogP contribution is 2.21. The maximum absolute atomic E-state index is 12.1. The molecule has 3 rings (SSSR count). The SMILES string of the molecule is CN(C)c1ncc2c(n1)CC[C@@H](NC(=O)c1ccsc1)C2. The number of hydrogen-bond donors (Lipinski definition) is 1. The monoisotopic (exact) mass is 302 g/mol. The number of carbonyl (C=O) groups is 1. The number of carbonyl (C=O) groups excluding carboxylic acids is 1. The molecule has 1 amide bonds. The van der Waals surface area contributed by atoms with Gasteiger partial charge in [0.25, 0.3) is 5.91 Å². The van der Waals surface area contributed by atoms with E-state index < -0.39 is 0 Å². The first-order valence-corrected chi connectivity index (χ1v) is 7.93. The molecule has 0 aliphatic heterocycles. The number of anilines is 1. The van der Waals surface area contributed by atoms with Gasteiger partial charge in [0.15, 0.2) is 0 Å². The molecule has 1 aliphatic carbocycles. The van der Waals surface area contributed by atoms with Crippen molar-refractivity contribution in [3.63, 3.8) is 0 Å². The summed E-state index contributed by atoms with van der Waals surface area (Å²) in [6.07, 6.45) is 4.50. The van der Waals surface area contributed by atoms with Gasteiger partial charge in [-0.1, -0.05) is 0 Å². The minimum Gasteiger partial charge on any atom is -0.349 e. The van der Waals surface area contributed by atoms with Crippen molar-refractivity contribution in [2.75, 3.05) is 19.0 Å². The molecule has 0 fully saturated rings. The number of hydrogen-bond acceptors (Lipinski definition) is 5. The van der Waals surface area contributed by atoms with Crippen LogP contribution in [0, 0.1) is 0 Å². The summed E-state index contributed by atoms with van der Waals surface area (Å²) in [5.74, 6) is 0.755. The summed E-state index contributed by atoms with van der Waals surface area (Å²) in [6.45, 7) is 0. The predicted octanol–water partition coefficient (Wildman–Crippen LogP) is 1.89. The van der Waals surface area contributed by atoms with Gasteiger partial charge < -0.3 is 10.2 Å². The zero-order valence-corrected chi connectivity index (χ0v) is 13.0. The molecule has 2 heterocycles. The normalized spacial score (nSPS) is 17.1. The van der Waals surface area contributed by atoms with Crippen LogP contribution in [0.25, 0.3) is 0 Å². The van der Waals surface area contributed by atoms with E-state index in [0.717, 1.165) is 42.0 Å². The Morgan fingerprint density at radius 3 is 3.05 bits per heavy atom. The lowest BCUT2D eigenvalue weighted by atomic mass is 9.92. The van der Waals surface area contributed by atoms with E-state index in [4.69, 9.17) is 0 Å². The number of nitrogens with zero attached hydrogens (tertiary/aromatic N) is 3. The number of rotatable bonds is 3. The summed E-state index contributed by atoms with van der Waals surface area (Å²) in [5.41, 5.74) is 2.99. The lowest BCUT2D eigenvalue weighted by Crippen LogP contribution is -2.39. The second-order valence-corrected chi connectivity index (χ2v) is 6.24. The highest BCUT2D eigenvalue weighted by atomic mass is 32.1. The number of aryl methyl sites for hydroxylation is 1. The van der Waals surface area contributed by atoms with Crippen molar-refractivity contribution in [3.05, 3.63) is 39.8 Å². The van der Waals surface area contributed by atoms with Crippen molar-refractivity contribution >= 4 is 23.2 Å². The van der Waals surface area contributed by atoms with E-state index >= 15 is 0 Å². The van der Waals surface area contributed by atoms with Crippen molar-refractivity contribution < 1.29 is 4.79 Å². The Kier molecular flexibility index (Phi) is 3.88. The highest BCUT2D eigenvalue weighted by Gasteiger charge is 2.22. The molecule has 0 aromatic carbocycles. The lowest BCUT2D eigenvalue weighted by Gasteiger charge is -2.25. The number of fused-ring (bicyclic) bond motifs is 1. The Balaban J connectivity index is 1.69. The van der Waals surface area contributed by atoms with E-state index in [-0.39, 0.29) is 11.9 Å². The number of aromatic nitrogens is 2. The van der Waals surface area contributed by atoms with E-state index in [2.05, 4.69) is 15.3 Å². The molecular weight excluding hydrogens is 284 g/mol. The van der Waals surface area contributed by atoms with Crippen LogP contribution in [0.4, 0.5) is 5.95 Å². The molecule has 5 nitrogen and oxygen atoms in total. The van der Waals surface area contributed by atoms with Gasteiger partial charge in [-0.2, -0.15) is 11.3 Å². The second kappa shape index (κ2) is 5.81. The molecule has 0 saturated heterocycles. The molecule has 2 aromatic heterocycles. The van der Waals surface area contributed by atoms with Gasteiger partial charge in [0.05, 0.1) is 0 Å². The Hall–Kier alpha value is -1.95. The molecule has 0 radical (unpaired) electrons. The van der Waals surface area contributed by atoms with Crippen LogP contribution in [0.2, 0.25) is 0 Å². The van der Waals surface area contributed by atoms with E-state index in [9.17, 15) is 4.79 Å². The van der Waals surface area contributed by atoms with Crippen LogP contribution in [0.5, 0.6) is 0 Å². The third-order valence-corrected chi connectivity index (χ3v) is 4.34. The van der Waals surface area contributed by atoms with Crippen LogP contribution in [0.15, 0.2) is 23.0 Å². The summed E-state index contributed by atoms with van der Waals surface area (Å²) < 4.78 is 0. The molecule has 21 heavy (non-hydrogen) atoms. The van der Waals surface area contributed by atoms with Gasteiger partial charge in [-0.05, 0) is 36.3 Å². The fourth-order valence-electron chi connectivity index (χ4n) is 2.50. The van der Waals surface area contributed by atoms with E-state index in [1.807, 2.05) is 42.0 Å². The van der Waals surface area contributed by atoms with E-state index in [1.54, 1.807) is 0 Å². The van der Waals surface area contributed by atoms with Crippen LogP contribution in [0.1, 0.15) is 28.0 Å². The van der Waals surface area contributed by atoms with Gasteiger partial charge in [-0.3, -0.25) is 4.79 Å². The number of thiophene rings is 1. The summed E-state index contributed by atoms with van der Waals surface area (Å²) in [4.78, 5) is 22.9. The quantitative estimate of drug-likeness (QED) is 0.940. The largest absolute Gasteiger partial charge is 0.349 e. The Morgan fingerprint density at radius 1 is 1.48 bits per heavy atom. The molecule has 6 heteroatoms. The first-order valence-electron chi connectivity index (χ1n) is 6.98. The zero-order chi connectivity index (χ0) is 14.8. The standard InChI is InChI=1S/C15H18N4OS/c1-19(2)15-16-8-11-7-12(3-4-13(11)18-15)17-14(20)10-5-6-21-9-10/h5-6,8-9,12H,3-4,7H2,1-2H3,(H,17,20)/t12-/m1/s1. The average Bonchev–Trinajstić information content (AvgIpc) is 3.01. The molecule has 0 spiro atoms. The Labute approximate surface area is 128 Å². The van der Waals surface area contributed by atoms with E-state index in [0.29, 0.717) is 0 Å². The second-order valence-electron chi connectivity index (χ2n) is 5.46. The molecule has 0 bridgehead atoms. The number of nitrogens with one attached hydrogen (secondary N) is 1. The van der Waals surface area contributed by atoms with Gasteiger partial charge in [-0.15, -0.1) is 0 Å². The first-order chi connectivity index (χ1) is 10.1. The van der Waals surface area contributed by atoms with Gasteiger partial charge >= 0.3 is 0 Å². The van der Waals surface area contributed by atoms with Gasteiger partial charge in [-0.25, -0.2) is 9.97 Å². The third-order valence-electron chi connectivity index (χ3n) is 3.66. The third kappa shape index (κ3) is 3.05. The van der Waals surface area contributed by atoms with Crippen LogP contribution in [-0.4, -0.2) is 36.0 Å². The highest BCUT2D eigenvalue weighted by molar-refractivity contribution is 7.08. The molecule has 0 unspecified atom stereocenters. The summed E-state index contributed by atoms with van der Waals surface area (Å²) in [5, 5.41) is 6.89. The van der Waals surface area contributed by atoms with E-state index in [1.165, 1.54) is 11.3 Å². The van der Waals surface area contributed by atoms with Gasteiger partial charge in [0.1, 0.15) is 0 Å². The predicted molar refractivity (Wildman–Crippen MR) is 84.0 cm³/mol. The van der Waals surface area contributed by atoms with Crippen molar-refractivity contribution in [2.45, 2.75) is 25.3 Å². The molecular formula is C15H18N4OS. The molecule has 1 atom stereocenters. The maximum Gasteiger partial charge on any atom is 0.252 e. The molecule has 1 N–H and O–H groups in total. The Bertz CT molecular complexity index is 639. The van der Waals surface area contributed by atoms with Crippen LogP contribution >= 0.6 is 11.3 Å². The Morgan fingerprint density at radius 2 is 2.33 bits per heavy atom. The first kappa shape index (κ1) is 14.0. The average molecular weight is 302 g/mol. The van der Waals surface area contributed by atoms with Crippen molar-refractivity contribution in [1.29, 1.82) is 0 Å². The zero-order valence-electron chi connectivity index (χ0n) is 12.2. The topological polar surface area (TPSA) is 58.1 Å².